The normalized spacial score (nSPS) is 12.0. The Morgan fingerprint density at radius 1 is 1.38 bits per heavy atom. The van der Waals surface area contributed by atoms with Crippen LogP contribution >= 0.6 is 0 Å². The van der Waals surface area contributed by atoms with Crippen LogP contribution in [0.25, 0.3) is 0 Å². The molecule has 0 heterocycles. The zero-order valence-electron chi connectivity index (χ0n) is 5.22. The van der Waals surface area contributed by atoms with E-state index in [4.69, 9.17) is 14.9 Å². The number of methoxy groups -OCH3 is 1. The molecule has 0 rings (SSSR count). The molecule has 0 amide bonds. The van der Waals surface area contributed by atoms with Crippen LogP contribution in [0.3, 0.4) is 0 Å². The molecule has 0 saturated carbocycles. The molecule has 50 valence electrons. The lowest BCUT2D eigenvalue weighted by Crippen LogP contribution is -2.35. The van der Waals surface area contributed by atoms with Gasteiger partial charge in [-0.15, -0.1) is 0 Å². The first-order valence-corrected chi connectivity index (χ1v) is 2.45. The van der Waals surface area contributed by atoms with E-state index in [1.54, 1.807) is 6.92 Å². The lowest BCUT2D eigenvalue weighted by atomic mass is 10.1. The van der Waals surface area contributed by atoms with Gasteiger partial charge >= 0.3 is 0 Å². The predicted molar refractivity (Wildman–Crippen MR) is 29.6 cm³/mol. The van der Waals surface area contributed by atoms with E-state index < -0.39 is 5.60 Å². The molecule has 2 N–H and O–H groups in total. The highest BCUT2D eigenvalue weighted by Gasteiger charge is 2.20. The van der Waals surface area contributed by atoms with Gasteiger partial charge in [-0.1, -0.05) is 0 Å². The maximum Gasteiger partial charge on any atom is 0.111 e. The minimum absolute atomic E-state index is 0.153. The molecule has 0 aliphatic heterocycles. The van der Waals surface area contributed by atoms with Crippen molar-refractivity contribution in [3.63, 3.8) is 0 Å². The fraction of sp³-hybridized carbons (Fsp3) is 1.00. The fourth-order valence-electron chi connectivity index (χ4n) is 0.179. The largest absolute Gasteiger partial charge is 0.393 e. The van der Waals surface area contributed by atoms with E-state index in [-0.39, 0.29) is 13.2 Å². The predicted octanol–water partition coefficient (Wildman–Crippen LogP) is -0.624. The van der Waals surface area contributed by atoms with E-state index in [0.29, 0.717) is 0 Å². The first-order valence-electron chi connectivity index (χ1n) is 2.45. The van der Waals surface area contributed by atoms with Gasteiger partial charge in [-0.25, -0.2) is 0 Å². The van der Waals surface area contributed by atoms with Crippen LogP contribution in [0.2, 0.25) is 0 Å². The van der Waals surface area contributed by atoms with Crippen LogP contribution < -0.4 is 0 Å². The van der Waals surface area contributed by atoms with Crippen LogP contribution in [0.4, 0.5) is 0 Å². The molecule has 0 aromatic rings. The summed E-state index contributed by atoms with van der Waals surface area (Å²) in [7, 11) is 1.45. The van der Waals surface area contributed by atoms with Crippen LogP contribution in [0, 0.1) is 0 Å². The van der Waals surface area contributed by atoms with E-state index in [1.807, 2.05) is 0 Å². The van der Waals surface area contributed by atoms with Crippen molar-refractivity contribution in [2.24, 2.45) is 0 Å². The Balaban J connectivity index is 3.58. The first-order chi connectivity index (χ1) is 3.68. The van der Waals surface area contributed by atoms with Gasteiger partial charge < -0.3 is 14.9 Å². The number of hydrogen-bond acceptors (Lipinski definition) is 3. The first kappa shape index (κ1) is 7.88. The van der Waals surface area contributed by atoms with Crippen molar-refractivity contribution in [1.82, 2.24) is 0 Å². The Hall–Kier alpha value is -0.120. The SMILES string of the molecule is COC(C)(CO)CO. The second-order valence-corrected chi connectivity index (χ2v) is 1.97. The number of aliphatic hydroxyl groups excluding tert-OH is 2. The Labute approximate surface area is 48.9 Å². The average molecular weight is 120 g/mol. The van der Waals surface area contributed by atoms with E-state index in [9.17, 15) is 0 Å². The molecule has 0 bridgehead atoms. The Kier molecular flexibility index (Phi) is 2.97. The molecule has 0 aliphatic rings. The Bertz CT molecular complexity index is 50.4. The number of hydrogen-bond donors (Lipinski definition) is 2. The van der Waals surface area contributed by atoms with Gasteiger partial charge in [-0.2, -0.15) is 0 Å². The van der Waals surface area contributed by atoms with Gasteiger partial charge in [0.05, 0.1) is 13.2 Å². The molecule has 0 atom stereocenters. The van der Waals surface area contributed by atoms with Gasteiger partial charge in [0.15, 0.2) is 0 Å². The van der Waals surface area contributed by atoms with E-state index >= 15 is 0 Å². The van der Waals surface area contributed by atoms with Crippen LogP contribution in [-0.2, 0) is 4.74 Å². The second-order valence-electron chi connectivity index (χ2n) is 1.97. The van der Waals surface area contributed by atoms with Gasteiger partial charge in [0.1, 0.15) is 5.60 Å². The minimum atomic E-state index is -0.764. The van der Waals surface area contributed by atoms with Crippen molar-refractivity contribution in [2.75, 3.05) is 20.3 Å². The van der Waals surface area contributed by atoms with Gasteiger partial charge in [0.2, 0.25) is 0 Å². The summed E-state index contributed by atoms with van der Waals surface area (Å²) in [4.78, 5) is 0. The molecule has 3 nitrogen and oxygen atoms in total. The zero-order chi connectivity index (χ0) is 6.62. The number of ether oxygens (including phenoxy) is 1. The molecule has 0 radical (unpaired) electrons. The lowest BCUT2D eigenvalue weighted by molar-refractivity contribution is -0.0714. The maximum absolute atomic E-state index is 8.50. The van der Waals surface area contributed by atoms with Gasteiger partial charge in [0, 0.05) is 7.11 Å². The molecule has 0 unspecified atom stereocenters. The molecule has 0 spiro atoms. The molecular weight excluding hydrogens is 108 g/mol. The summed E-state index contributed by atoms with van der Waals surface area (Å²) in [6.07, 6.45) is 0. The van der Waals surface area contributed by atoms with Crippen molar-refractivity contribution < 1.29 is 14.9 Å². The van der Waals surface area contributed by atoms with Crippen molar-refractivity contribution in [1.29, 1.82) is 0 Å². The molecule has 0 aliphatic carbocycles. The summed E-state index contributed by atoms with van der Waals surface area (Å²) in [5, 5.41) is 17.0. The smallest absolute Gasteiger partial charge is 0.111 e. The van der Waals surface area contributed by atoms with Crippen LogP contribution in [0.15, 0.2) is 0 Å². The second kappa shape index (κ2) is 3.02. The molecule has 3 heteroatoms. The topological polar surface area (TPSA) is 49.7 Å². The van der Waals surface area contributed by atoms with E-state index in [2.05, 4.69) is 0 Å². The minimum Gasteiger partial charge on any atom is -0.393 e. The average Bonchev–Trinajstić information content (AvgIpc) is 1.87. The zero-order valence-corrected chi connectivity index (χ0v) is 5.22. The molecule has 8 heavy (non-hydrogen) atoms. The standard InChI is InChI=1S/C5H12O3/c1-5(3-6,4-7)8-2/h6-7H,3-4H2,1-2H3. The molecule has 0 saturated heterocycles. The Morgan fingerprint density at radius 3 is 1.75 bits per heavy atom. The highest BCUT2D eigenvalue weighted by molar-refractivity contribution is 4.70. The molecule has 0 fully saturated rings. The van der Waals surface area contributed by atoms with Crippen molar-refractivity contribution in [3.05, 3.63) is 0 Å². The summed E-state index contributed by atoms with van der Waals surface area (Å²) < 4.78 is 4.74. The third-order valence-corrected chi connectivity index (χ3v) is 1.16. The third kappa shape index (κ3) is 1.78. The summed E-state index contributed by atoms with van der Waals surface area (Å²) in [6, 6.07) is 0. The van der Waals surface area contributed by atoms with Gasteiger partial charge in [0.25, 0.3) is 0 Å². The number of rotatable bonds is 3. The third-order valence-electron chi connectivity index (χ3n) is 1.16. The number of aliphatic hydroxyl groups is 2. The monoisotopic (exact) mass is 120 g/mol. The Morgan fingerprint density at radius 2 is 1.75 bits per heavy atom. The summed E-state index contributed by atoms with van der Waals surface area (Å²) in [5.74, 6) is 0. The van der Waals surface area contributed by atoms with Crippen molar-refractivity contribution >= 4 is 0 Å². The van der Waals surface area contributed by atoms with Crippen molar-refractivity contribution in [2.45, 2.75) is 12.5 Å². The van der Waals surface area contributed by atoms with Crippen LogP contribution in [-0.4, -0.2) is 36.1 Å². The van der Waals surface area contributed by atoms with E-state index in [0.717, 1.165) is 0 Å². The summed E-state index contributed by atoms with van der Waals surface area (Å²) in [6.45, 7) is 1.33. The van der Waals surface area contributed by atoms with Gasteiger partial charge in [-0.3, -0.25) is 0 Å². The maximum atomic E-state index is 8.50. The van der Waals surface area contributed by atoms with E-state index in [1.165, 1.54) is 7.11 Å². The van der Waals surface area contributed by atoms with Crippen molar-refractivity contribution in [3.8, 4) is 0 Å². The highest BCUT2D eigenvalue weighted by atomic mass is 16.5. The molecular formula is C5H12O3. The van der Waals surface area contributed by atoms with Gasteiger partial charge in [-0.05, 0) is 6.92 Å². The lowest BCUT2D eigenvalue weighted by Gasteiger charge is -2.21. The summed E-state index contributed by atoms with van der Waals surface area (Å²) >= 11 is 0. The van der Waals surface area contributed by atoms with Crippen LogP contribution in [0.1, 0.15) is 6.92 Å². The van der Waals surface area contributed by atoms with Crippen LogP contribution in [0.5, 0.6) is 0 Å². The molecule has 0 aromatic heterocycles. The fourth-order valence-corrected chi connectivity index (χ4v) is 0.179. The molecule has 0 aromatic carbocycles. The quantitative estimate of drug-likeness (QED) is 0.521. The highest BCUT2D eigenvalue weighted by Crippen LogP contribution is 2.04. The summed E-state index contributed by atoms with van der Waals surface area (Å²) in [5.41, 5.74) is -0.764.